The lowest BCUT2D eigenvalue weighted by Crippen LogP contribution is -2.41. The number of hydrazine groups is 1. The van der Waals surface area contributed by atoms with Crippen LogP contribution < -0.4 is 10.9 Å². The Balaban J connectivity index is 1.51. The fourth-order valence-electron chi connectivity index (χ4n) is 2.15. The molecule has 0 saturated carbocycles. The minimum Gasteiger partial charge on any atom is -0.441 e. The Morgan fingerprint density at radius 1 is 1.19 bits per heavy atom. The smallest absolute Gasteiger partial charge is 0.279 e. The zero-order valence-corrected chi connectivity index (χ0v) is 16.0. The maximum atomic E-state index is 13.7. The Bertz CT molecular complexity index is 989. The number of hydrogen-bond acceptors (Lipinski definition) is 5. The minimum atomic E-state index is -0.765. The van der Waals surface area contributed by atoms with E-state index in [1.165, 1.54) is 23.6 Å². The van der Waals surface area contributed by atoms with Gasteiger partial charge in [0, 0.05) is 18.9 Å². The largest absolute Gasteiger partial charge is 0.441 e. The molecule has 0 atom stereocenters. The van der Waals surface area contributed by atoms with Gasteiger partial charge in [0.2, 0.25) is 5.91 Å². The van der Waals surface area contributed by atoms with Gasteiger partial charge in [-0.25, -0.2) is 13.8 Å². The van der Waals surface area contributed by atoms with Crippen molar-refractivity contribution in [1.29, 1.82) is 0 Å². The molecule has 0 spiro atoms. The highest BCUT2D eigenvalue weighted by Crippen LogP contribution is 2.24. The Hall–Kier alpha value is -2.59. The van der Waals surface area contributed by atoms with Crippen LogP contribution in [0.15, 0.2) is 44.7 Å². The Labute approximate surface area is 164 Å². The van der Waals surface area contributed by atoms with E-state index in [1.807, 2.05) is 0 Å². The van der Waals surface area contributed by atoms with Crippen molar-refractivity contribution in [1.82, 2.24) is 15.8 Å². The van der Waals surface area contributed by atoms with E-state index in [4.69, 9.17) is 4.42 Å². The zero-order chi connectivity index (χ0) is 19.4. The highest BCUT2D eigenvalue weighted by atomic mass is 79.9. The van der Waals surface area contributed by atoms with E-state index in [0.717, 1.165) is 15.9 Å². The van der Waals surface area contributed by atoms with Gasteiger partial charge in [-0.1, -0.05) is 0 Å². The summed E-state index contributed by atoms with van der Waals surface area (Å²) in [6, 6.07) is 6.47. The topological polar surface area (TPSA) is 84.2 Å². The van der Waals surface area contributed by atoms with E-state index in [2.05, 4.69) is 31.8 Å². The molecule has 2 N–H and O–H groups in total. The molecule has 10 heteroatoms. The van der Waals surface area contributed by atoms with Crippen LogP contribution in [0.25, 0.3) is 11.3 Å². The fourth-order valence-corrected chi connectivity index (χ4v) is 3.43. The molecule has 0 radical (unpaired) electrons. The third-order valence-electron chi connectivity index (χ3n) is 3.43. The summed E-state index contributed by atoms with van der Waals surface area (Å²) in [5.74, 6) is -1.96. The molecule has 6 nitrogen and oxygen atoms in total. The lowest BCUT2D eigenvalue weighted by atomic mass is 10.2. The van der Waals surface area contributed by atoms with Gasteiger partial charge in [0.1, 0.15) is 11.6 Å². The molecule has 0 aliphatic heterocycles. The van der Waals surface area contributed by atoms with E-state index < -0.39 is 23.4 Å². The van der Waals surface area contributed by atoms with Gasteiger partial charge in [-0.15, -0.1) is 11.3 Å². The van der Waals surface area contributed by atoms with Gasteiger partial charge < -0.3 is 4.42 Å². The number of oxazole rings is 1. The SMILES string of the molecule is O=C(CCc1ncc(-c2ccc(F)cc2F)o1)NNC(=O)c1ccc(Br)s1. The monoisotopic (exact) mass is 455 g/mol. The average molecular weight is 456 g/mol. The molecule has 140 valence electrons. The molecule has 0 fully saturated rings. The van der Waals surface area contributed by atoms with Gasteiger partial charge in [0.05, 0.1) is 20.4 Å². The molecule has 0 saturated heterocycles. The van der Waals surface area contributed by atoms with Gasteiger partial charge >= 0.3 is 0 Å². The highest BCUT2D eigenvalue weighted by Gasteiger charge is 2.14. The average Bonchev–Trinajstić information content (AvgIpc) is 3.27. The maximum absolute atomic E-state index is 13.7. The number of rotatable bonds is 5. The Morgan fingerprint density at radius 2 is 2.00 bits per heavy atom. The van der Waals surface area contributed by atoms with E-state index >= 15 is 0 Å². The summed E-state index contributed by atoms with van der Waals surface area (Å²) >= 11 is 4.48. The van der Waals surface area contributed by atoms with Gasteiger partial charge in [-0.05, 0) is 40.2 Å². The van der Waals surface area contributed by atoms with Crippen LogP contribution in [0.2, 0.25) is 0 Å². The van der Waals surface area contributed by atoms with Crippen molar-refractivity contribution in [3.63, 3.8) is 0 Å². The molecule has 0 aliphatic rings. The van der Waals surface area contributed by atoms with Crippen molar-refractivity contribution in [3.05, 3.63) is 62.7 Å². The third kappa shape index (κ3) is 4.98. The van der Waals surface area contributed by atoms with Crippen LogP contribution in [0.4, 0.5) is 8.78 Å². The second-order valence-electron chi connectivity index (χ2n) is 5.35. The first-order valence-corrected chi connectivity index (χ1v) is 9.28. The number of hydrogen-bond donors (Lipinski definition) is 2. The number of carbonyl (C=O) groups excluding carboxylic acids is 2. The summed E-state index contributed by atoms with van der Waals surface area (Å²) in [5.41, 5.74) is 4.68. The Kier molecular flexibility index (Phi) is 5.97. The van der Waals surface area contributed by atoms with Crippen LogP contribution in [0.3, 0.4) is 0 Å². The minimum absolute atomic E-state index is 0.000266. The summed E-state index contributed by atoms with van der Waals surface area (Å²) in [6.07, 6.45) is 1.45. The van der Waals surface area contributed by atoms with Crippen LogP contribution in [-0.2, 0) is 11.2 Å². The molecule has 2 heterocycles. The predicted octanol–water partition coefficient (Wildman–Crippen LogP) is 3.84. The summed E-state index contributed by atoms with van der Waals surface area (Å²) in [6.45, 7) is 0. The van der Waals surface area contributed by atoms with Crippen molar-refractivity contribution < 1.29 is 22.8 Å². The van der Waals surface area contributed by atoms with Gasteiger partial charge in [0.15, 0.2) is 11.7 Å². The molecule has 27 heavy (non-hydrogen) atoms. The first kappa shape index (κ1) is 19.2. The lowest BCUT2D eigenvalue weighted by molar-refractivity contribution is -0.121. The van der Waals surface area contributed by atoms with Crippen molar-refractivity contribution in [3.8, 4) is 11.3 Å². The number of aromatic nitrogens is 1. The van der Waals surface area contributed by atoms with Crippen LogP contribution in [0, 0.1) is 11.6 Å². The summed E-state index contributed by atoms with van der Waals surface area (Å²) in [7, 11) is 0. The van der Waals surface area contributed by atoms with Crippen LogP contribution in [0.5, 0.6) is 0 Å². The molecule has 0 aliphatic carbocycles. The first-order valence-electron chi connectivity index (χ1n) is 7.67. The fraction of sp³-hybridized carbons (Fsp3) is 0.118. The number of halogens is 3. The summed E-state index contributed by atoms with van der Waals surface area (Å²) < 4.78 is 32.9. The van der Waals surface area contributed by atoms with E-state index in [9.17, 15) is 18.4 Å². The number of thiophene rings is 1. The molecular weight excluding hydrogens is 444 g/mol. The normalized spacial score (nSPS) is 10.6. The molecule has 0 bridgehead atoms. The molecule has 1 aromatic carbocycles. The van der Waals surface area contributed by atoms with Crippen LogP contribution in [-0.4, -0.2) is 16.8 Å². The molecular formula is C17H12BrF2N3O3S. The number of nitrogens with one attached hydrogen (secondary N) is 2. The highest BCUT2D eigenvalue weighted by molar-refractivity contribution is 9.11. The number of amides is 2. The molecule has 3 rings (SSSR count). The second kappa shape index (κ2) is 8.40. The van der Waals surface area contributed by atoms with Gasteiger partial charge in [0.25, 0.3) is 5.91 Å². The summed E-state index contributed by atoms with van der Waals surface area (Å²) in [5, 5.41) is 0. The number of benzene rings is 1. The van der Waals surface area contributed by atoms with Crippen molar-refractivity contribution in [2.24, 2.45) is 0 Å². The summed E-state index contributed by atoms with van der Waals surface area (Å²) in [4.78, 5) is 28.1. The first-order chi connectivity index (χ1) is 12.9. The van der Waals surface area contributed by atoms with Crippen molar-refractivity contribution in [2.75, 3.05) is 0 Å². The van der Waals surface area contributed by atoms with Gasteiger partial charge in [-0.3, -0.25) is 20.4 Å². The molecule has 0 unspecified atom stereocenters. The molecule has 2 amide bonds. The Morgan fingerprint density at radius 3 is 2.70 bits per heavy atom. The third-order valence-corrected chi connectivity index (χ3v) is 5.05. The van der Waals surface area contributed by atoms with Crippen molar-refractivity contribution >= 4 is 39.1 Å². The second-order valence-corrected chi connectivity index (χ2v) is 7.81. The van der Waals surface area contributed by atoms with E-state index in [0.29, 0.717) is 4.88 Å². The van der Waals surface area contributed by atoms with Crippen molar-refractivity contribution in [2.45, 2.75) is 12.8 Å². The number of nitrogens with zero attached hydrogens (tertiary/aromatic N) is 1. The molecule has 2 aromatic heterocycles. The van der Waals surface area contributed by atoms with Crippen LogP contribution >= 0.6 is 27.3 Å². The standard InChI is InChI=1S/C17H12BrF2N3O3S/c18-14-4-3-13(27-14)17(25)23-22-15(24)5-6-16-21-8-12(26-16)10-2-1-9(19)7-11(10)20/h1-4,7-8H,5-6H2,(H,22,24)(H,23,25). The lowest BCUT2D eigenvalue weighted by Gasteiger charge is -2.05. The quantitative estimate of drug-likeness (QED) is 0.572. The molecule has 3 aromatic rings. The number of carbonyl (C=O) groups is 2. The zero-order valence-electron chi connectivity index (χ0n) is 13.6. The maximum Gasteiger partial charge on any atom is 0.279 e. The predicted molar refractivity (Wildman–Crippen MR) is 97.8 cm³/mol. The van der Waals surface area contributed by atoms with Gasteiger partial charge in [-0.2, -0.15) is 0 Å². The van der Waals surface area contributed by atoms with E-state index in [1.54, 1.807) is 12.1 Å². The number of aryl methyl sites for hydroxylation is 1. The van der Waals surface area contributed by atoms with E-state index in [-0.39, 0.29) is 30.1 Å². The van der Waals surface area contributed by atoms with Crippen LogP contribution in [0.1, 0.15) is 22.0 Å².